The number of hydrogen-bond donors (Lipinski definition) is 2. The molecule has 0 radical (unpaired) electrons. The van der Waals surface area contributed by atoms with Crippen LogP contribution in [0.5, 0.6) is 0 Å². The lowest BCUT2D eigenvalue weighted by Gasteiger charge is -2.26. The lowest BCUT2D eigenvalue weighted by atomic mass is 9.87. The van der Waals surface area contributed by atoms with E-state index in [-0.39, 0.29) is 11.3 Å². The van der Waals surface area contributed by atoms with Crippen LogP contribution in [-0.2, 0) is 0 Å². The third-order valence-corrected chi connectivity index (χ3v) is 3.49. The maximum atomic E-state index is 12.3. The van der Waals surface area contributed by atoms with Crippen LogP contribution in [0.25, 0.3) is 11.4 Å². The molecule has 1 aromatic heterocycles. The minimum Gasteiger partial charge on any atom is -0.393 e. The number of carbonyl (C=O) groups excluding carboxylic acids is 1. The second-order valence-electron chi connectivity index (χ2n) is 6.62. The van der Waals surface area contributed by atoms with E-state index >= 15 is 0 Å². The molecule has 0 saturated heterocycles. The Labute approximate surface area is 135 Å². The van der Waals surface area contributed by atoms with Crippen LogP contribution in [0.3, 0.4) is 0 Å². The number of aliphatic hydroxyl groups excluding tert-OH is 1. The molecule has 23 heavy (non-hydrogen) atoms. The topological polar surface area (TPSA) is 88.2 Å². The van der Waals surface area contributed by atoms with Gasteiger partial charge >= 0.3 is 0 Å². The van der Waals surface area contributed by atoms with E-state index in [1.807, 2.05) is 19.9 Å². The number of aryl methyl sites for hydroxylation is 1. The van der Waals surface area contributed by atoms with E-state index in [1.54, 1.807) is 32.0 Å². The fraction of sp³-hybridized carbons (Fsp3) is 0.471. The third kappa shape index (κ3) is 4.89. The van der Waals surface area contributed by atoms with E-state index in [0.29, 0.717) is 30.2 Å². The maximum absolute atomic E-state index is 12.3. The number of nitrogens with one attached hydrogen (secondary N) is 1. The van der Waals surface area contributed by atoms with Gasteiger partial charge in [-0.25, -0.2) is 0 Å². The second kappa shape index (κ2) is 6.91. The number of benzene rings is 1. The summed E-state index contributed by atoms with van der Waals surface area (Å²) in [5, 5.41) is 16.3. The van der Waals surface area contributed by atoms with Gasteiger partial charge in [-0.1, -0.05) is 31.1 Å². The molecule has 2 aromatic rings. The standard InChI is InChI=1S/C17H23N3O3/c1-11(21)9-17(3,4)10-18-16(22)14-7-5-6-13(8-14)15-19-12(2)23-20-15/h5-8,11,21H,9-10H2,1-4H3,(H,18,22). The number of rotatable bonds is 6. The van der Waals surface area contributed by atoms with E-state index in [2.05, 4.69) is 15.5 Å². The molecule has 2 N–H and O–H groups in total. The number of aromatic nitrogens is 2. The van der Waals surface area contributed by atoms with Gasteiger partial charge in [-0.15, -0.1) is 0 Å². The van der Waals surface area contributed by atoms with Gasteiger partial charge in [-0.3, -0.25) is 4.79 Å². The van der Waals surface area contributed by atoms with Gasteiger partial charge in [-0.05, 0) is 30.9 Å². The SMILES string of the molecule is Cc1nc(-c2cccc(C(=O)NCC(C)(C)CC(C)O)c2)no1. The van der Waals surface area contributed by atoms with E-state index in [0.717, 1.165) is 5.56 Å². The first-order valence-corrected chi connectivity index (χ1v) is 7.64. The Balaban J connectivity index is 2.05. The smallest absolute Gasteiger partial charge is 0.251 e. The number of amides is 1. The molecule has 0 bridgehead atoms. The molecule has 0 aliphatic rings. The molecule has 0 aliphatic heterocycles. The summed E-state index contributed by atoms with van der Waals surface area (Å²) in [6, 6.07) is 7.10. The van der Waals surface area contributed by atoms with Gasteiger partial charge in [-0.2, -0.15) is 4.98 Å². The Morgan fingerprint density at radius 2 is 2.17 bits per heavy atom. The van der Waals surface area contributed by atoms with Crippen LogP contribution in [0.4, 0.5) is 0 Å². The molecular weight excluding hydrogens is 294 g/mol. The number of nitrogens with zero attached hydrogens (tertiary/aromatic N) is 2. The fourth-order valence-corrected chi connectivity index (χ4v) is 2.51. The predicted molar refractivity (Wildman–Crippen MR) is 86.9 cm³/mol. The van der Waals surface area contributed by atoms with Crippen molar-refractivity contribution in [3.8, 4) is 11.4 Å². The van der Waals surface area contributed by atoms with Gasteiger partial charge < -0.3 is 14.9 Å². The van der Waals surface area contributed by atoms with E-state index in [9.17, 15) is 9.90 Å². The molecule has 0 saturated carbocycles. The summed E-state index contributed by atoms with van der Waals surface area (Å²) in [6.07, 6.45) is 0.224. The Kier molecular flexibility index (Phi) is 5.15. The summed E-state index contributed by atoms with van der Waals surface area (Å²) in [7, 11) is 0. The molecular formula is C17H23N3O3. The van der Waals surface area contributed by atoms with E-state index in [1.165, 1.54) is 0 Å². The van der Waals surface area contributed by atoms with Gasteiger partial charge in [0.2, 0.25) is 11.7 Å². The first-order chi connectivity index (χ1) is 10.8. The monoisotopic (exact) mass is 317 g/mol. The third-order valence-electron chi connectivity index (χ3n) is 3.49. The Bertz CT molecular complexity index is 677. The van der Waals surface area contributed by atoms with Crippen molar-refractivity contribution in [3.05, 3.63) is 35.7 Å². The summed E-state index contributed by atoms with van der Waals surface area (Å²) < 4.78 is 4.96. The normalized spacial score (nSPS) is 12.9. The quantitative estimate of drug-likeness (QED) is 0.855. The highest BCUT2D eigenvalue weighted by atomic mass is 16.5. The van der Waals surface area contributed by atoms with Crippen molar-refractivity contribution < 1.29 is 14.4 Å². The molecule has 0 spiro atoms. The van der Waals surface area contributed by atoms with Crippen LogP contribution in [0.15, 0.2) is 28.8 Å². The Morgan fingerprint density at radius 3 is 2.78 bits per heavy atom. The number of hydrogen-bond acceptors (Lipinski definition) is 5. The van der Waals surface area contributed by atoms with Crippen LogP contribution in [0, 0.1) is 12.3 Å². The minimum atomic E-state index is -0.397. The average Bonchev–Trinajstić information content (AvgIpc) is 2.90. The van der Waals surface area contributed by atoms with Gasteiger partial charge in [0.25, 0.3) is 5.91 Å². The zero-order chi connectivity index (χ0) is 17.0. The van der Waals surface area contributed by atoms with Crippen molar-refractivity contribution in [1.82, 2.24) is 15.5 Å². The summed E-state index contributed by atoms with van der Waals surface area (Å²) in [5.74, 6) is 0.784. The predicted octanol–water partition coefficient (Wildman–Crippen LogP) is 2.57. The summed E-state index contributed by atoms with van der Waals surface area (Å²) >= 11 is 0. The highest BCUT2D eigenvalue weighted by molar-refractivity contribution is 5.95. The van der Waals surface area contributed by atoms with Crippen molar-refractivity contribution in [1.29, 1.82) is 0 Å². The Hall–Kier alpha value is -2.21. The van der Waals surface area contributed by atoms with Crippen molar-refractivity contribution in [2.75, 3.05) is 6.54 Å². The molecule has 0 fully saturated rings. The van der Waals surface area contributed by atoms with Crippen LogP contribution in [0.2, 0.25) is 0 Å². The number of carbonyl (C=O) groups is 1. The molecule has 6 heteroatoms. The molecule has 6 nitrogen and oxygen atoms in total. The van der Waals surface area contributed by atoms with Crippen molar-refractivity contribution in [2.45, 2.75) is 40.2 Å². The Morgan fingerprint density at radius 1 is 1.43 bits per heavy atom. The molecule has 1 aromatic carbocycles. The first-order valence-electron chi connectivity index (χ1n) is 7.64. The van der Waals surface area contributed by atoms with E-state index < -0.39 is 6.10 Å². The zero-order valence-corrected chi connectivity index (χ0v) is 14.0. The highest BCUT2D eigenvalue weighted by Crippen LogP contribution is 2.22. The highest BCUT2D eigenvalue weighted by Gasteiger charge is 2.21. The molecule has 1 atom stereocenters. The van der Waals surface area contributed by atoms with Crippen LogP contribution < -0.4 is 5.32 Å². The molecule has 0 aliphatic carbocycles. The van der Waals surface area contributed by atoms with Crippen molar-refractivity contribution in [3.63, 3.8) is 0 Å². The lowest BCUT2D eigenvalue weighted by Crippen LogP contribution is -2.35. The number of aliphatic hydroxyl groups is 1. The van der Waals surface area contributed by atoms with E-state index in [4.69, 9.17) is 4.52 Å². The summed E-state index contributed by atoms with van der Waals surface area (Å²) in [4.78, 5) is 16.5. The van der Waals surface area contributed by atoms with Crippen molar-refractivity contribution in [2.24, 2.45) is 5.41 Å². The minimum absolute atomic E-state index is 0.161. The largest absolute Gasteiger partial charge is 0.393 e. The van der Waals surface area contributed by atoms with Gasteiger partial charge in [0.15, 0.2) is 0 Å². The molecule has 1 unspecified atom stereocenters. The first kappa shape index (κ1) is 17.1. The summed E-state index contributed by atoms with van der Waals surface area (Å²) in [5.41, 5.74) is 1.10. The van der Waals surface area contributed by atoms with Gasteiger partial charge in [0.1, 0.15) is 0 Å². The van der Waals surface area contributed by atoms with Crippen LogP contribution in [0.1, 0.15) is 43.4 Å². The summed E-state index contributed by atoms with van der Waals surface area (Å²) in [6.45, 7) is 7.98. The molecule has 1 heterocycles. The molecule has 2 rings (SSSR count). The van der Waals surface area contributed by atoms with Gasteiger partial charge in [0.05, 0.1) is 6.10 Å². The van der Waals surface area contributed by atoms with Crippen molar-refractivity contribution >= 4 is 5.91 Å². The fourth-order valence-electron chi connectivity index (χ4n) is 2.51. The van der Waals surface area contributed by atoms with Crippen LogP contribution in [-0.4, -0.2) is 33.8 Å². The second-order valence-corrected chi connectivity index (χ2v) is 6.62. The van der Waals surface area contributed by atoms with Gasteiger partial charge in [0, 0.05) is 24.6 Å². The molecule has 1 amide bonds. The lowest BCUT2D eigenvalue weighted by molar-refractivity contribution is 0.0902. The van der Waals surface area contributed by atoms with Crippen LogP contribution >= 0.6 is 0 Å². The molecule has 124 valence electrons. The average molecular weight is 317 g/mol. The maximum Gasteiger partial charge on any atom is 0.251 e. The zero-order valence-electron chi connectivity index (χ0n) is 14.0.